The van der Waals surface area contributed by atoms with E-state index in [1.165, 1.54) is 16.4 Å². The molecule has 0 heterocycles. The number of amides is 1. The minimum Gasteiger partial charge on any atom is -0.347 e. The third-order valence-electron chi connectivity index (χ3n) is 4.42. The molecule has 0 spiro atoms. The third-order valence-corrected chi connectivity index (χ3v) is 6.46. The number of carbonyl (C=O) groups is 1. The summed E-state index contributed by atoms with van der Waals surface area (Å²) in [7, 11) is -3.56. The highest BCUT2D eigenvalue weighted by atomic mass is 32.2. The van der Waals surface area contributed by atoms with Crippen molar-refractivity contribution in [1.82, 2.24) is 9.62 Å². The van der Waals surface area contributed by atoms with Gasteiger partial charge in [0.1, 0.15) is 0 Å². The van der Waals surface area contributed by atoms with Gasteiger partial charge in [0.2, 0.25) is 10.0 Å². The van der Waals surface area contributed by atoms with Crippen LogP contribution in [0.1, 0.15) is 57.8 Å². The molecule has 0 saturated heterocycles. The molecule has 1 rings (SSSR count). The highest BCUT2D eigenvalue weighted by Crippen LogP contribution is 2.19. The minimum absolute atomic E-state index is 0.156. The number of rotatable bonds is 8. The van der Waals surface area contributed by atoms with Crippen LogP contribution in [0.2, 0.25) is 0 Å². The zero-order valence-electron chi connectivity index (χ0n) is 14.7. The lowest BCUT2D eigenvalue weighted by atomic mass is 9.95. The monoisotopic (exact) mass is 340 g/mol. The van der Waals surface area contributed by atoms with Gasteiger partial charge in [-0.15, -0.1) is 0 Å². The molecule has 0 unspecified atom stereocenters. The van der Waals surface area contributed by atoms with Gasteiger partial charge in [-0.3, -0.25) is 4.79 Å². The van der Waals surface area contributed by atoms with E-state index in [2.05, 4.69) is 5.32 Å². The van der Waals surface area contributed by atoms with E-state index < -0.39 is 10.0 Å². The van der Waals surface area contributed by atoms with Gasteiger partial charge in [0.25, 0.3) is 5.91 Å². The highest BCUT2D eigenvalue weighted by Gasteiger charge is 2.25. The van der Waals surface area contributed by atoms with E-state index >= 15 is 0 Å². The molecule has 1 aromatic rings. The van der Waals surface area contributed by atoms with Crippen molar-refractivity contribution in [3.63, 3.8) is 0 Å². The Morgan fingerprint density at radius 3 is 2.17 bits per heavy atom. The summed E-state index contributed by atoms with van der Waals surface area (Å²) >= 11 is 0. The molecule has 0 aliphatic heterocycles. The fourth-order valence-corrected chi connectivity index (χ4v) is 3.79. The van der Waals surface area contributed by atoms with E-state index in [0.29, 0.717) is 18.7 Å². The number of benzene rings is 1. The van der Waals surface area contributed by atoms with E-state index in [1.807, 2.05) is 20.8 Å². The van der Waals surface area contributed by atoms with Gasteiger partial charge in [-0.1, -0.05) is 33.8 Å². The van der Waals surface area contributed by atoms with Crippen LogP contribution >= 0.6 is 0 Å². The van der Waals surface area contributed by atoms with Crippen molar-refractivity contribution in [2.75, 3.05) is 13.1 Å². The Morgan fingerprint density at radius 1 is 1.13 bits per heavy atom. The Bertz CT molecular complexity index is 633. The molecule has 130 valence electrons. The van der Waals surface area contributed by atoms with Gasteiger partial charge in [0.05, 0.1) is 4.90 Å². The second-order valence-corrected chi connectivity index (χ2v) is 7.78. The van der Waals surface area contributed by atoms with E-state index in [9.17, 15) is 13.2 Å². The molecule has 1 N–H and O–H groups in total. The van der Waals surface area contributed by atoms with E-state index in [1.54, 1.807) is 26.0 Å². The zero-order chi connectivity index (χ0) is 17.7. The van der Waals surface area contributed by atoms with Gasteiger partial charge in [0.15, 0.2) is 0 Å². The number of nitrogens with zero attached hydrogens (tertiary/aromatic N) is 1. The second kappa shape index (κ2) is 7.93. The summed E-state index contributed by atoms with van der Waals surface area (Å²) < 4.78 is 26.5. The first-order valence-corrected chi connectivity index (χ1v) is 9.60. The summed E-state index contributed by atoms with van der Waals surface area (Å²) in [5.41, 5.74) is 0.0801. The Kier molecular flexibility index (Phi) is 6.77. The average molecular weight is 340 g/mol. The van der Waals surface area contributed by atoms with Crippen LogP contribution in [0.25, 0.3) is 0 Å². The van der Waals surface area contributed by atoms with E-state index in [4.69, 9.17) is 0 Å². The van der Waals surface area contributed by atoms with Crippen molar-refractivity contribution in [3.8, 4) is 0 Å². The summed E-state index contributed by atoms with van der Waals surface area (Å²) in [5.74, 6) is -0.243. The topological polar surface area (TPSA) is 66.5 Å². The fraction of sp³-hybridized carbons (Fsp3) is 0.588. The number of hydrogen-bond acceptors (Lipinski definition) is 3. The molecule has 0 radical (unpaired) electrons. The number of nitrogens with one attached hydrogen (secondary N) is 1. The van der Waals surface area contributed by atoms with Gasteiger partial charge < -0.3 is 5.32 Å². The molecule has 0 bridgehead atoms. The average Bonchev–Trinajstić information content (AvgIpc) is 2.55. The molecular formula is C17H28N2O3S. The summed E-state index contributed by atoms with van der Waals surface area (Å²) in [5, 5.41) is 3.00. The maximum absolute atomic E-state index is 12.6. The van der Waals surface area contributed by atoms with Gasteiger partial charge in [-0.2, -0.15) is 4.31 Å². The number of sulfonamides is 1. The Balaban J connectivity index is 3.13. The molecule has 0 fully saturated rings. The van der Waals surface area contributed by atoms with Crippen LogP contribution < -0.4 is 5.32 Å². The van der Waals surface area contributed by atoms with Crippen molar-refractivity contribution in [2.24, 2.45) is 0 Å². The second-order valence-electron chi connectivity index (χ2n) is 5.84. The minimum atomic E-state index is -3.56. The predicted molar refractivity (Wildman–Crippen MR) is 93.0 cm³/mol. The van der Waals surface area contributed by atoms with Crippen LogP contribution in [-0.4, -0.2) is 37.3 Å². The first-order chi connectivity index (χ1) is 10.7. The summed E-state index contributed by atoms with van der Waals surface area (Å²) in [4.78, 5) is 12.6. The Labute approximate surface area is 140 Å². The lowest BCUT2D eigenvalue weighted by Crippen LogP contribution is -2.45. The van der Waals surface area contributed by atoms with Gasteiger partial charge in [-0.25, -0.2) is 8.42 Å². The zero-order valence-corrected chi connectivity index (χ0v) is 15.5. The van der Waals surface area contributed by atoms with Crippen LogP contribution in [0.3, 0.4) is 0 Å². The molecule has 1 amide bonds. The van der Waals surface area contributed by atoms with Crippen molar-refractivity contribution in [1.29, 1.82) is 0 Å². The molecule has 23 heavy (non-hydrogen) atoms. The van der Waals surface area contributed by atoms with Crippen molar-refractivity contribution < 1.29 is 13.2 Å². The molecule has 0 atom stereocenters. The molecule has 0 aliphatic rings. The van der Waals surface area contributed by atoms with Crippen LogP contribution in [0.5, 0.6) is 0 Å². The van der Waals surface area contributed by atoms with Gasteiger partial charge in [-0.05, 0) is 38.0 Å². The quantitative estimate of drug-likeness (QED) is 0.791. The molecular weight excluding hydrogens is 312 g/mol. The molecule has 0 aliphatic carbocycles. The van der Waals surface area contributed by atoms with E-state index in [0.717, 1.165) is 12.8 Å². The van der Waals surface area contributed by atoms with E-state index in [-0.39, 0.29) is 16.3 Å². The maximum atomic E-state index is 12.6. The largest absolute Gasteiger partial charge is 0.347 e. The summed E-state index contributed by atoms with van der Waals surface area (Å²) in [6.07, 6.45) is 1.62. The first kappa shape index (κ1) is 19.6. The molecule has 0 aromatic heterocycles. The van der Waals surface area contributed by atoms with Crippen molar-refractivity contribution in [2.45, 2.75) is 57.9 Å². The summed E-state index contributed by atoms with van der Waals surface area (Å²) in [6, 6.07) is 6.24. The SMILES string of the molecule is CCN(CC)S(=O)(=O)c1cccc(C(=O)NC(C)(CC)CC)c1. The summed E-state index contributed by atoms with van der Waals surface area (Å²) in [6.45, 7) is 10.4. The van der Waals surface area contributed by atoms with Crippen LogP contribution in [-0.2, 0) is 10.0 Å². The van der Waals surface area contributed by atoms with Gasteiger partial charge >= 0.3 is 0 Å². The van der Waals surface area contributed by atoms with Crippen molar-refractivity contribution in [3.05, 3.63) is 29.8 Å². The highest BCUT2D eigenvalue weighted by molar-refractivity contribution is 7.89. The van der Waals surface area contributed by atoms with Crippen LogP contribution in [0, 0.1) is 0 Å². The molecule has 0 saturated carbocycles. The van der Waals surface area contributed by atoms with Crippen LogP contribution in [0.15, 0.2) is 29.2 Å². The predicted octanol–water partition coefficient (Wildman–Crippen LogP) is 3.03. The normalized spacial score (nSPS) is 12.4. The third kappa shape index (κ3) is 4.54. The fourth-order valence-electron chi connectivity index (χ4n) is 2.28. The molecule has 5 nitrogen and oxygen atoms in total. The van der Waals surface area contributed by atoms with Crippen molar-refractivity contribution >= 4 is 15.9 Å². The Hall–Kier alpha value is -1.40. The van der Waals surface area contributed by atoms with Crippen LogP contribution in [0.4, 0.5) is 0 Å². The molecule has 1 aromatic carbocycles. The molecule has 6 heteroatoms. The lowest BCUT2D eigenvalue weighted by Gasteiger charge is -2.28. The van der Waals surface area contributed by atoms with Gasteiger partial charge in [0, 0.05) is 24.2 Å². The smallest absolute Gasteiger partial charge is 0.251 e. The first-order valence-electron chi connectivity index (χ1n) is 8.16. The number of carbonyl (C=O) groups excluding carboxylic acids is 1. The maximum Gasteiger partial charge on any atom is 0.251 e. The standard InChI is InChI=1S/C17H28N2O3S/c1-6-17(5,7-2)18-16(20)14-11-10-12-15(13-14)23(21,22)19(8-3)9-4/h10-13H,6-9H2,1-5H3,(H,18,20). The number of hydrogen-bond donors (Lipinski definition) is 1. The Morgan fingerprint density at radius 2 is 1.70 bits per heavy atom. The lowest BCUT2D eigenvalue weighted by molar-refractivity contribution is 0.0901.